The lowest BCUT2D eigenvalue weighted by atomic mass is 10.2. The van der Waals surface area contributed by atoms with Crippen LogP contribution in [0.4, 0.5) is 0 Å². The van der Waals surface area contributed by atoms with Crippen LogP contribution in [-0.4, -0.2) is 20.4 Å². The van der Waals surface area contributed by atoms with Crippen LogP contribution in [0.2, 0.25) is 0 Å². The summed E-state index contributed by atoms with van der Waals surface area (Å²) in [6, 6.07) is 13.2. The number of aryl methyl sites for hydroxylation is 2. The zero-order valence-electron chi connectivity index (χ0n) is 15.5. The van der Waals surface area contributed by atoms with Gasteiger partial charge < -0.3 is 8.98 Å². The summed E-state index contributed by atoms with van der Waals surface area (Å²) < 4.78 is 8.96. The summed E-state index contributed by atoms with van der Waals surface area (Å²) in [5.74, 6) is 1.45. The fraction of sp³-hybridized carbons (Fsp3) is 0.190. The number of fused-ring (bicyclic) bond motifs is 1. The Morgan fingerprint density at radius 2 is 1.96 bits per heavy atom. The van der Waals surface area contributed by atoms with E-state index in [1.54, 1.807) is 25.5 Å². The highest BCUT2D eigenvalue weighted by atomic mass is 16.3. The molecule has 0 bridgehead atoms. The number of para-hydroxylation sites is 1. The molecule has 0 aliphatic rings. The maximum atomic E-state index is 12.7. The van der Waals surface area contributed by atoms with E-state index in [-0.39, 0.29) is 5.56 Å². The number of aromatic nitrogens is 3. The van der Waals surface area contributed by atoms with E-state index in [1.165, 1.54) is 4.68 Å². The van der Waals surface area contributed by atoms with E-state index in [4.69, 9.17) is 4.42 Å². The van der Waals surface area contributed by atoms with Gasteiger partial charge in [0.1, 0.15) is 11.6 Å². The van der Waals surface area contributed by atoms with Crippen molar-refractivity contribution in [3.8, 4) is 0 Å². The molecule has 3 heterocycles. The highest BCUT2D eigenvalue weighted by molar-refractivity contribution is 5.82. The van der Waals surface area contributed by atoms with Crippen LogP contribution < -0.4 is 5.56 Å². The zero-order valence-corrected chi connectivity index (χ0v) is 15.5. The number of hydrogen-bond donors (Lipinski definition) is 0. The van der Waals surface area contributed by atoms with Gasteiger partial charge in [-0.2, -0.15) is 9.78 Å². The standard InChI is InChI=1S/C21H20N4O2/c1-14-11-17(15(2)24(14)13-18-7-6-10-27-18)12-22-25-16(3)23-20-9-5-4-8-19(20)21(25)26/h4-12H,13H2,1-3H3/b22-12-. The Labute approximate surface area is 156 Å². The molecule has 0 radical (unpaired) electrons. The minimum atomic E-state index is -0.168. The van der Waals surface area contributed by atoms with Gasteiger partial charge in [-0.1, -0.05) is 12.1 Å². The van der Waals surface area contributed by atoms with E-state index in [2.05, 4.69) is 20.7 Å². The average molecular weight is 360 g/mol. The molecule has 0 atom stereocenters. The number of furan rings is 1. The van der Waals surface area contributed by atoms with Crippen molar-refractivity contribution in [2.24, 2.45) is 5.10 Å². The Bertz CT molecular complexity index is 1200. The van der Waals surface area contributed by atoms with Crippen molar-refractivity contribution in [2.75, 3.05) is 0 Å². The van der Waals surface area contributed by atoms with Crippen molar-refractivity contribution in [3.63, 3.8) is 0 Å². The van der Waals surface area contributed by atoms with Crippen molar-refractivity contribution >= 4 is 17.1 Å². The second-order valence-corrected chi connectivity index (χ2v) is 6.53. The molecule has 0 fully saturated rings. The minimum Gasteiger partial charge on any atom is -0.467 e. The fourth-order valence-corrected chi connectivity index (χ4v) is 3.25. The first-order chi connectivity index (χ1) is 13.0. The summed E-state index contributed by atoms with van der Waals surface area (Å²) in [6.45, 7) is 6.52. The van der Waals surface area contributed by atoms with Crippen LogP contribution in [0, 0.1) is 20.8 Å². The van der Waals surface area contributed by atoms with Crippen LogP contribution in [0.3, 0.4) is 0 Å². The monoisotopic (exact) mass is 360 g/mol. The third-order valence-electron chi connectivity index (χ3n) is 4.73. The first kappa shape index (κ1) is 17.0. The molecule has 0 saturated heterocycles. The molecule has 27 heavy (non-hydrogen) atoms. The van der Waals surface area contributed by atoms with E-state index in [0.717, 1.165) is 22.7 Å². The Morgan fingerprint density at radius 3 is 2.74 bits per heavy atom. The Balaban J connectivity index is 1.72. The first-order valence-corrected chi connectivity index (χ1v) is 8.76. The van der Waals surface area contributed by atoms with E-state index in [1.807, 2.05) is 44.2 Å². The molecule has 0 spiro atoms. The summed E-state index contributed by atoms with van der Waals surface area (Å²) in [7, 11) is 0. The van der Waals surface area contributed by atoms with Crippen molar-refractivity contribution in [2.45, 2.75) is 27.3 Å². The van der Waals surface area contributed by atoms with Gasteiger partial charge in [-0.3, -0.25) is 4.79 Å². The first-order valence-electron chi connectivity index (χ1n) is 8.76. The van der Waals surface area contributed by atoms with Gasteiger partial charge in [-0.05, 0) is 51.1 Å². The molecule has 0 saturated carbocycles. The Hall–Kier alpha value is -3.41. The van der Waals surface area contributed by atoms with E-state index >= 15 is 0 Å². The molecular formula is C21H20N4O2. The molecule has 1 aromatic carbocycles. The van der Waals surface area contributed by atoms with Crippen LogP contribution in [-0.2, 0) is 6.54 Å². The zero-order chi connectivity index (χ0) is 19.0. The highest BCUT2D eigenvalue weighted by Crippen LogP contribution is 2.16. The third kappa shape index (κ3) is 3.10. The number of rotatable bonds is 4. The molecule has 0 amide bonds. The summed E-state index contributed by atoms with van der Waals surface area (Å²) in [4.78, 5) is 17.2. The molecule has 6 heteroatoms. The van der Waals surface area contributed by atoms with E-state index in [0.29, 0.717) is 23.3 Å². The smallest absolute Gasteiger partial charge is 0.282 e. The van der Waals surface area contributed by atoms with Gasteiger partial charge in [-0.15, -0.1) is 0 Å². The van der Waals surface area contributed by atoms with Crippen LogP contribution in [0.25, 0.3) is 10.9 Å². The number of benzene rings is 1. The Kier molecular flexibility index (Phi) is 4.24. The van der Waals surface area contributed by atoms with Crippen molar-refractivity contribution in [1.82, 2.24) is 14.2 Å². The van der Waals surface area contributed by atoms with Crippen molar-refractivity contribution in [3.05, 3.63) is 87.6 Å². The minimum absolute atomic E-state index is 0.168. The lowest BCUT2D eigenvalue weighted by Crippen LogP contribution is -2.20. The molecular weight excluding hydrogens is 340 g/mol. The van der Waals surface area contributed by atoms with Crippen LogP contribution in [0.5, 0.6) is 0 Å². The molecule has 3 aromatic heterocycles. The molecule has 0 N–H and O–H groups in total. The highest BCUT2D eigenvalue weighted by Gasteiger charge is 2.10. The molecule has 4 rings (SSSR count). The summed E-state index contributed by atoms with van der Waals surface area (Å²) in [6.07, 6.45) is 3.39. The van der Waals surface area contributed by atoms with Gasteiger partial charge in [0.25, 0.3) is 5.56 Å². The average Bonchev–Trinajstić information content (AvgIpc) is 3.26. The summed E-state index contributed by atoms with van der Waals surface area (Å²) in [5, 5.41) is 4.98. The fourth-order valence-electron chi connectivity index (χ4n) is 3.25. The third-order valence-corrected chi connectivity index (χ3v) is 4.73. The van der Waals surface area contributed by atoms with Gasteiger partial charge in [0.05, 0.1) is 29.9 Å². The quantitative estimate of drug-likeness (QED) is 0.522. The van der Waals surface area contributed by atoms with Crippen LogP contribution >= 0.6 is 0 Å². The SMILES string of the molecule is Cc1cc(/C=N\n2c(C)nc3ccccc3c2=O)c(C)n1Cc1ccco1. The summed E-state index contributed by atoms with van der Waals surface area (Å²) >= 11 is 0. The molecule has 4 aromatic rings. The van der Waals surface area contributed by atoms with E-state index < -0.39 is 0 Å². The van der Waals surface area contributed by atoms with Gasteiger partial charge >= 0.3 is 0 Å². The van der Waals surface area contributed by atoms with Crippen molar-refractivity contribution < 1.29 is 4.42 Å². The predicted octanol–water partition coefficient (Wildman–Crippen LogP) is 3.65. The lowest BCUT2D eigenvalue weighted by Gasteiger charge is -2.07. The molecule has 0 aliphatic carbocycles. The molecule has 136 valence electrons. The molecule has 6 nitrogen and oxygen atoms in total. The topological polar surface area (TPSA) is 65.3 Å². The maximum absolute atomic E-state index is 12.7. The predicted molar refractivity (Wildman–Crippen MR) is 105 cm³/mol. The molecule has 0 unspecified atom stereocenters. The normalized spacial score (nSPS) is 11.7. The molecule has 0 aliphatic heterocycles. The van der Waals surface area contributed by atoms with Crippen LogP contribution in [0.15, 0.2) is 63.0 Å². The van der Waals surface area contributed by atoms with Gasteiger partial charge in [0.2, 0.25) is 0 Å². The second-order valence-electron chi connectivity index (χ2n) is 6.53. The Morgan fingerprint density at radius 1 is 1.15 bits per heavy atom. The number of hydrogen-bond acceptors (Lipinski definition) is 4. The maximum Gasteiger partial charge on any atom is 0.282 e. The van der Waals surface area contributed by atoms with E-state index in [9.17, 15) is 4.79 Å². The summed E-state index contributed by atoms with van der Waals surface area (Å²) in [5.41, 5.74) is 3.64. The largest absolute Gasteiger partial charge is 0.467 e. The van der Waals surface area contributed by atoms with Crippen molar-refractivity contribution in [1.29, 1.82) is 0 Å². The van der Waals surface area contributed by atoms with Gasteiger partial charge in [0, 0.05) is 17.0 Å². The van der Waals surface area contributed by atoms with Crippen LogP contribution in [0.1, 0.15) is 28.5 Å². The number of nitrogens with zero attached hydrogens (tertiary/aromatic N) is 4. The second kappa shape index (κ2) is 6.72. The van der Waals surface area contributed by atoms with Gasteiger partial charge in [0.15, 0.2) is 0 Å². The lowest BCUT2D eigenvalue weighted by molar-refractivity contribution is 0.489. The van der Waals surface area contributed by atoms with Gasteiger partial charge in [-0.25, -0.2) is 4.98 Å².